The van der Waals surface area contributed by atoms with E-state index in [9.17, 15) is 14.0 Å². The van der Waals surface area contributed by atoms with Crippen molar-refractivity contribution >= 4 is 52.2 Å². The van der Waals surface area contributed by atoms with Crippen LogP contribution in [0.1, 0.15) is 50.7 Å². The number of thiophene rings is 1. The Kier molecular flexibility index (Phi) is 6.83. The lowest BCUT2D eigenvalue weighted by Crippen LogP contribution is -2.29. The highest BCUT2D eigenvalue weighted by atomic mass is 35.5. The summed E-state index contributed by atoms with van der Waals surface area (Å²) in [5.41, 5.74) is 6.29. The standard InChI is InChI=1S/C19H19FN2O2S2.ClH/c1-11(23)16-5-6-17(26-16)15(24)10-12-3-4-14(20)13(9-12)19(2)7-8-25-18(21)22-19;/h3-6,9H,7-8,10H2,1-2H3,(H2,21,22);1H/t19-;/m0./s1. The number of hydrogen-bond acceptors (Lipinski definition) is 6. The molecule has 2 heterocycles. The smallest absolute Gasteiger partial charge is 0.177 e. The molecule has 3 rings (SSSR count). The van der Waals surface area contributed by atoms with Crippen LogP contribution in [-0.4, -0.2) is 22.5 Å². The Morgan fingerprint density at radius 1 is 1.26 bits per heavy atom. The highest BCUT2D eigenvalue weighted by Crippen LogP contribution is 2.37. The van der Waals surface area contributed by atoms with Gasteiger partial charge in [-0.25, -0.2) is 4.39 Å². The van der Waals surface area contributed by atoms with Crippen molar-refractivity contribution < 1.29 is 14.0 Å². The molecular formula is C19H20ClFN2O2S2. The number of hydrogen-bond donors (Lipinski definition) is 1. The summed E-state index contributed by atoms with van der Waals surface area (Å²) in [6, 6.07) is 8.03. The molecule has 1 aromatic heterocycles. The zero-order valence-electron chi connectivity index (χ0n) is 15.0. The number of amidine groups is 1. The summed E-state index contributed by atoms with van der Waals surface area (Å²) < 4.78 is 14.4. The van der Waals surface area contributed by atoms with Gasteiger partial charge in [-0.05, 0) is 50.1 Å². The monoisotopic (exact) mass is 426 g/mol. The van der Waals surface area contributed by atoms with Gasteiger partial charge in [-0.2, -0.15) is 0 Å². The van der Waals surface area contributed by atoms with Crippen LogP contribution in [0.25, 0.3) is 0 Å². The Morgan fingerprint density at radius 3 is 2.59 bits per heavy atom. The second-order valence-electron chi connectivity index (χ2n) is 6.46. The average molecular weight is 427 g/mol. The van der Waals surface area contributed by atoms with E-state index in [4.69, 9.17) is 5.73 Å². The number of rotatable bonds is 5. The number of ketones is 2. The molecule has 0 spiro atoms. The van der Waals surface area contributed by atoms with Gasteiger partial charge in [0.1, 0.15) is 5.82 Å². The molecule has 4 nitrogen and oxygen atoms in total. The Morgan fingerprint density at radius 2 is 1.96 bits per heavy atom. The maximum absolute atomic E-state index is 14.4. The molecule has 2 N–H and O–H groups in total. The normalized spacial score (nSPS) is 19.1. The summed E-state index contributed by atoms with van der Waals surface area (Å²) in [5.74, 6) is 0.281. The molecule has 0 saturated carbocycles. The van der Waals surface area contributed by atoms with Gasteiger partial charge >= 0.3 is 0 Å². The van der Waals surface area contributed by atoms with E-state index in [1.54, 1.807) is 24.3 Å². The fourth-order valence-electron chi connectivity index (χ4n) is 2.93. The van der Waals surface area contributed by atoms with E-state index < -0.39 is 5.54 Å². The van der Waals surface area contributed by atoms with Gasteiger partial charge in [0.05, 0.1) is 15.3 Å². The van der Waals surface area contributed by atoms with Gasteiger partial charge in [0, 0.05) is 17.7 Å². The fourth-order valence-corrected chi connectivity index (χ4v) is 4.74. The van der Waals surface area contributed by atoms with Gasteiger partial charge < -0.3 is 5.73 Å². The lowest BCUT2D eigenvalue weighted by Gasteiger charge is -2.30. The minimum atomic E-state index is -0.719. The molecule has 2 aromatic rings. The van der Waals surface area contributed by atoms with Gasteiger partial charge in [-0.1, -0.05) is 17.8 Å². The van der Waals surface area contributed by atoms with Crippen molar-refractivity contribution in [1.82, 2.24) is 0 Å². The minimum Gasteiger partial charge on any atom is -0.379 e. The van der Waals surface area contributed by atoms with Gasteiger partial charge in [0.25, 0.3) is 0 Å². The summed E-state index contributed by atoms with van der Waals surface area (Å²) in [5, 5.41) is 0.454. The van der Waals surface area contributed by atoms with Crippen LogP contribution < -0.4 is 5.73 Å². The van der Waals surface area contributed by atoms with Crippen molar-refractivity contribution in [1.29, 1.82) is 0 Å². The predicted molar refractivity (Wildman–Crippen MR) is 112 cm³/mol. The first-order chi connectivity index (χ1) is 12.3. The van der Waals surface area contributed by atoms with E-state index in [-0.39, 0.29) is 36.2 Å². The van der Waals surface area contributed by atoms with Crippen LogP contribution in [-0.2, 0) is 12.0 Å². The number of carbonyl (C=O) groups excluding carboxylic acids is 2. The third kappa shape index (κ3) is 4.78. The Balaban J connectivity index is 0.00000261. The van der Waals surface area contributed by atoms with E-state index in [1.165, 1.54) is 36.1 Å². The Hall–Kier alpha value is -1.70. The van der Waals surface area contributed by atoms with Crippen molar-refractivity contribution in [3.8, 4) is 0 Å². The van der Waals surface area contributed by atoms with Gasteiger partial charge in [-0.15, -0.1) is 23.7 Å². The molecule has 0 radical (unpaired) electrons. The second-order valence-corrected chi connectivity index (χ2v) is 8.66. The largest absolute Gasteiger partial charge is 0.379 e. The van der Waals surface area contributed by atoms with Crippen molar-refractivity contribution in [2.45, 2.75) is 32.2 Å². The van der Waals surface area contributed by atoms with Crippen LogP contribution in [0, 0.1) is 5.82 Å². The first-order valence-corrected chi connectivity index (χ1v) is 10.00. The Bertz CT molecular complexity index is 913. The molecule has 8 heteroatoms. The molecule has 0 unspecified atom stereocenters. The van der Waals surface area contributed by atoms with Crippen LogP contribution >= 0.6 is 35.5 Å². The van der Waals surface area contributed by atoms with Gasteiger partial charge in [-0.3, -0.25) is 14.6 Å². The first-order valence-electron chi connectivity index (χ1n) is 8.19. The van der Waals surface area contributed by atoms with Crippen molar-refractivity contribution in [2.75, 3.05) is 5.75 Å². The summed E-state index contributed by atoms with van der Waals surface area (Å²) in [6.45, 7) is 3.34. The molecule has 0 saturated heterocycles. The highest BCUT2D eigenvalue weighted by molar-refractivity contribution is 8.13. The number of aliphatic imine (C=N–C) groups is 1. The van der Waals surface area contributed by atoms with Crippen LogP contribution in [0.15, 0.2) is 35.3 Å². The zero-order chi connectivity index (χ0) is 18.9. The first kappa shape index (κ1) is 21.6. The number of Topliss-reactive ketones (excluding diaryl/α,β-unsaturated/α-hetero) is 2. The minimum absolute atomic E-state index is 0. The molecular weight excluding hydrogens is 407 g/mol. The molecule has 1 atom stereocenters. The lowest BCUT2D eigenvalue weighted by atomic mass is 9.87. The zero-order valence-corrected chi connectivity index (χ0v) is 17.4. The molecule has 144 valence electrons. The molecule has 1 aliphatic heterocycles. The molecule has 0 bridgehead atoms. The number of thioether (sulfide) groups is 1. The number of benzene rings is 1. The lowest BCUT2D eigenvalue weighted by molar-refractivity contribution is 0.0994. The average Bonchev–Trinajstić information content (AvgIpc) is 3.07. The SMILES string of the molecule is CC(=O)c1ccc(C(=O)Cc2ccc(F)c([C@]3(C)CCSC(N)=N3)c2)s1.Cl. The topological polar surface area (TPSA) is 72.5 Å². The van der Waals surface area contributed by atoms with E-state index in [0.29, 0.717) is 26.9 Å². The van der Waals surface area contributed by atoms with Crippen molar-refractivity contribution in [2.24, 2.45) is 10.7 Å². The molecule has 1 aromatic carbocycles. The quantitative estimate of drug-likeness (QED) is 0.709. The van der Waals surface area contributed by atoms with Crippen LogP contribution in [0.4, 0.5) is 4.39 Å². The maximum atomic E-state index is 14.4. The highest BCUT2D eigenvalue weighted by Gasteiger charge is 2.32. The fraction of sp³-hybridized carbons (Fsp3) is 0.316. The van der Waals surface area contributed by atoms with E-state index in [2.05, 4.69) is 4.99 Å². The summed E-state index contributed by atoms with van der Waals surface area (Å²) >= 11 is 2.65. The number of halogens is 2. The third-order valence-electron chi connectivity index (χ3n) is 4.40. The van der Waals surface area contributed by atoms with Crippen LogP contribution in [0.5, 0.6) is 0 Å². The molecule has 0 aliphatic carbocycles. The summed E-state index contributed by atoms with van der Waals surface area (Å²) in [4.78, 5) is 29.4. The second kappa shape index (κ2) is 8.54. The summed E-state index contributed by atoms with van der Waals surface area (Å²) in [6.07, 6.45) is 0.828. The molecule has 27 heavy (non-hydrogen) atoms. The molecule has 0 fully saturated rings. The number of carbonyl (C=O) groups is 2. The number of nitrogens with two attached hydrogens (primary N) is 1. The Labute approximate surface area is 171 Å². The number of nitrogens with zero attached hydrogens (tertiary/aromatic N) is 1. The molecule has 0 amide bonds. The van der Waals surface area contributed by atoms with Crippen LogP contribution in [0.2, 0.25) is 0 Å². The van der Waals surface area contributed by atoms with Crippen LogP contribution in [0.3, 0.4) is 0 Å². The van der Waals surface area contributed by atoms with E-state index in [1.807, 2.05) is 6.92 Å². The van der Waals surface area contributed by atoms with E-state index in [0.717, 1.165) is 11.3 Å². The predicted octanol–water partition coefficient (Wildman–Crippen LogP) is 4.60. The van der Waals surface area contributed by atoms with Crippen molar-refractivity contribution in [3.63, 3.8) is 0 Å². The third-order valence-corrected chi connectivity index (χ3v) is 6.42. The van der Waals surface area contributed by atoms with Crippen molar-refractivity contribution in [3.05, 3.63) is 57.0 Å². The van der Waals surface area contributed by atoms with E-state index >= 15 is 0 Å². The molecule has 1 aliphatic rings. The summed E-state index contributed by atoms with van der Waals surface area (Å²) in [7, 11) is 0. The van der Waals surface area contributed by atoms with Gasteiger partial charge in [0.2, 0.25) is 0 Å². The van der Waals surface area contributed by atoms with Gasteiger partial charge in [0.15, 0.2) is 16.7 Å². The maximum Gasteiger partial charge on any atom is 0.177 e.